The van der Waals surface area contributed by atoms with Crippen LogP contribution in [0.1, 0.15) is 20.8 Å². The number of nitrogens with zero attached hydrogens (tertiary/aromatic N) is 2. The van der Waals surface area contributed by atoms with E-state index in [1.54, 1.807) is 24.4 Å². The van der Waals surface area contributed by atoms with E-state index in [9.17, 15) is 13.2 Å². The van der Waals surface area contributed by atoms with Gasteiger partial charge in [0.25, 0.3) is 5.91 Å². The molecule has 0 aliphatic carbocycles. The van der Waals surface area contributed by atoms with Crippen LogP contribution in [0.2, 0.25) is 0 Å². The van der Waals surface area contributed by atoms with Gasteiger partial charge in [0.15, 0.2) is 0 Å². The third-order valence-electron chi connectivity index (χ3n) is 3.71. The number of hydrogen-bond donors (Lipinski definition) is 2. The summed E-state index contributed by atoms with van der Waals surface area (Å²) in [6.45, 7) is 0.921. The van der Waals surface area contributed by atoms with Crippen LogP contribution in [0.4, 0.5) is 0 Å². The summed E-state index contributed by atoms with van der Waals surface area (Å²) in [4.78, 5) is 13.0. The Labute approximate surface area is 155 Å². The second kappa shape index (κ2) is 7.81. The van der Waals surface area contributed by atoms with Crippen molar-refractivity contribution in [3.63, 3.8) is 0 Å². The molecule has 0 fully saturated rings. The van der Waals surface area contributed by atoms with E-state index in [0.717, 1.165) is 21.8 Å². The number of nitrogens with one attached hydrogen (secondary N) is 2. The van der Waals surface area contributed by atoms with Gasteiger partial charge >= 0.3 is 0 Å². The predicted molar refractivity (Wildman–Crippen MR) is 99.5 cm³/mol. The van der Waals surface area contributed by atoms with Gasteiger partial charge in [0, 0.05) is 22.8 Å². The van der Waals surface area contributed by atoms with Gasteiger partial charge < -0.3 is 5.32 Å². The minimum Gasteiger partial charge on any atom is -0.347 e. The lowest BCUT2D eigenvalue weighted by molar-refractivity contribution is 0.0951. The predicted octanol–water partition coefficient (Wildman–Crippen LogP) is 1.83. The summed E-state index contributed by atoms with van der Waals surface area (Å²) < 4.78 is 27.8. The van der Waals surface area contributed by atoms with Crippen molar-refractivity contribution in [3.8, 4) is 0 Å². The SMILES string of the molecule is CNS(=O)(=O)c1ccc(CNC(=O)c2ccc(Cn3cccn3)cc2)s1. The molecule has 0 atom stereocenters. The van der Waals surface area contributed by atoms with Crippen LogP contribution in [-0.4, -0.2) is 31.2 Å². The van der Waals surface area contributed by atoms with Crippen molar-refractivity contribution in [1.29, 1.82) is 0 Å². The van der Waals surface area contributed by atoms with Gasteiger partial charge in [-0.25, -0.2) is 13.1 Å². The number of hydrogen-bond acceptors (Lipinski definition) is 5. The molecule has 1 aromatic carbocycles. The zero-order valence-corrected chi connectivity index (χ0v) is 15.7. The average Bonchev–Trinajstić information content (AvgIpc) is 3.32. The fourth-order valence-corrected chi connectivity index (χ4v) is 4.44. The van der Waals surface area contributed by atoms with Gasteiger partial charge in [-0.3, -0.25) is 9.48 Å². The molecule has 7 nitrogen and oxygen atoms in total. The number of carbonyl (C=O) groups excluding carboxylic acids is 1. The monoisotopic (exact) mass is 390 g/mol. The van der Waals surface area contributed by atoms with Gasteiger partial charge in [0.2, 0.25) is 10.0 Å². The van der Waals surface area contributed by atoms with Crippen LogP contribution >= 0.6 is 11.3 Å². The molecule has 2 N–H and O–H groups in total. The molecule has 0 aliphatic heterocycles. The molecule has 2 heterocycles. The zero-order chi connectivity index (χ0) is 18.6. The van der Waals surface area contributed by atoms with Crippen LogP contribution in [0.15, 0.2) is 59.1 Å². The molecule has 0 saturated heterocycles. The summed E-state index contributed by atoms with van der Waals surface area (Å²) >= 11 is 1.13. The fraction of sp³-hybridized carbons (Fsp3) is 0.176. The molecular weight excluding hydrogens is 372 g/mol. The van der Waals surface area contributed by atoms with Crippen molar-refractivity contribution < 1.29 is 13.2 Å². The van der Waals surface area contributed by atoms with Crippen LogP contribution < -0.4 is 10.0 Å². The summed E-state index contributed by atoms with van der Waals surface area (Å²) in [6, 6.07) is 12.4. The van der Waals surface area contributed by atoms with Crippen LogP contribution in [0.5, 0.6) is 0 Å². The van der Waals surface area contributed by atoms with Gasteiger partial charge in [-0.05, 0) is 42.9 Å². The molecule has 3 aromatic rings. The van der Waals surface area contributed by atoms with E-state index in [-0.39, 0.29) is 16.7 Å². The second-order valence-corrected chi connectivity index (χ2v) is 8.79. The van der Waals surface area contributed by atoms with Gasteiger partial charge in [0.1, 0.15) is 4.21 Å². The highest BCUT2D eigenvalue weighted by Gasteiger charge is 2.14. The van der Waals surface area contributed by atoms with Crippen LogP contribution in [0, 0.1) is 0 Å². The van der Waals surface area contributed by atoms with E-state index in [2.05, 4.69) is 15.1 Å². The summed E-state index contributed by atoms with van der Waals surface area (Å²) in [5.41, 5.74) is 1.60. The van der Waals surface area contributed by atoms with Crippen LogP contribution in [-0.2, 0) is 23.1 Å². The van der Waals surface area contributed by atoms with Crippen molar-refractivity contribution in [2.24, 2.45) is 0 Å². The third kappa shape index (κ3) is 4.37. The highest BCUT2D eigenvalue weighted by Crippen LogP contribution is 2.21. The maximum Gasteiger partial charge on any atom is 0.251 e. The average molecular weight is 390 g/mol. The maximum atomic E-state index is 12.3. The number of thiophene rings is 1. The first-order valence-corrected chi connectivity index (χ1v) is 10.1. The second-order valence-electron chi connectivity index (χ2n) is 5.51. The highest BCUT2D eigenvalue weighted by molar-refractivity contribution is 7.91. The lowest BCUT2D eigenvalue weighted by atomic mass is 10.1. The fourth-order valence-electron chi connectivity index (χ4n) is 2.31. The molecule has 0 unspecified atom stereocenters. The topological polar surface area (TPSA) is 93.1 Å². The van der Waals surface area contributed by atoms with E-state index in [1.807, 2.05) is 29.1 Å². The number of aromatic nitrogens is 2. The molecule has 0 radical (unpaired) electrons. The summed E-state index contributed by atoms with van der Waals surface area (Å²) in [7, 11) is -2.08. The number of amides is 1. The largest absolute Gasteiger partial charge is 0.347 e. The normalized spacial score (nSPS) is 11.4. The Morgan fingerprint density at radius 1 is 1.19 bits per heavy atom. The molecule has 0 spiro atoms. The van der Waals surface area contributed by atoms with Crippen molar-refractivity contribution in [3.05, 3.63) is 70.9 Å². The highest BCUT2D eigenvalue weighted by atomic mass is 32.2. The van der Waals surface area contributed by atoms with Crippen molar-refractivity contribution >= 4 is 27.3 Å². The van der Waals surface area contributed by atoms with Gasteiger partial charge in [-0.1, -0.05) is 12.1 Å². The standard InChI is InChI=1S/C17H18N4O3S2/c1-18-26(23,24)16-8-7-15(25-16)11-19-17(22)14-5-3-13(4-6-14)12-21-10-2-9-20-21/h2-10,18H,11-12H2,1H3,(H,19,22). The Balaban J connectivity index is 1.58. The lowest BCUT2D eigenvalue weighted by Gasteiger charge is -2.06. The first-order chi connectivity index (χ1) is 12.5. The Hall–Kier alpha value is -2.49. The first-order valence-electron chi connectivity index (χ1n) is 7.85. The van der Waals surface area contributed by atoms with Crippen molar-refractivity contribution in [1.82, 2.24) is 19.8 Å². The van der Waals surface area contributed by atoms with Gasteiger partial charge in [-0.2, -0.15) is 5.10 Å². The maximum absolute atomic E-state index is 12.3. The van der Waals surface area contributed by atoms with Crippen molar-refractivity contribution in [2.45, 2.75) is 17.3 Å². The molecule has 1 amide bonds. The summed E-state index contributed by atoms with van der Waals surface area (Å²) in [5, 5.41) is 6.95. The molecule has 0 aliphatic rings. The Kier molecular flexibility index (Phi) is 5.50. The smallest absolute Gasteiger partial charge is 0.251 e. The Morgan fingerprint density at radius 2 is 1.96 bits per heavy atom. The lowest BCUT2D eigenvalue weighted by Crippen LogP contribution is -2.22. The molecular formula is C17H18N4O3S2. The van der Waals surface area contributed by atoms with E-state index in [4.69, 9.17) is 0 Å². The van der Waals surface area contributed by atoms with Crippen LogP contribution in [0.25, 0.3) is 0 Å². The molecule has 2 aromatic heterocycles. The number of sulfonamides is 1. The summed E-state index contributed by atoms with van der Waals surface area (Å²) in [5.74, 6) is -0.206. The molecule has 26 heavy (non-hydrogen) atoms. The van der Waals surface area contributed by atoms with Crippen LogP contribution in [0.3, 0.4) is 0 Å². The van der Waals surface area contributed by atoms with E-state index < -0.39 is 10.0 Å². The minimum atomic E-state index is -3.45. The molecule has 9 heteroatoms. The number of rotatable bonds is 7. The Morgan fingerprint density at radius 3 is 2.62 bits per heavy atom. The minimum absolute atomic E-state index is 0.206. The number of carbonyl (C=O) groups is 1. The summed E-state index contributed by atoms with van der Waals surface area (Å²) in [6.07, 6.45) is 3.60. The zero-order valence-electron chi connectivity index (χ0n) is 14.0. The quantitative estimate of drug-likeness (QED) is 0.644. The molecule has 136 valence electrons. The molecule has 0 saturated carbocycles. The third-order valence-corrected chi connectivity index (χ3v) is 6.71. The number of benzene rings is 1. The van der Waals surface area contributed by atoms with E-state index in [1.165, 1.54) is 13.1 Å². The van der Waals surface area contributed by atoms with Crippen molar-refractivity contribution in [2.75, 3.05) is 7.05 Å². The first kappa shape index (κ1) is 18.3. The van der Waals surface area contributed by atoms with E-state index in [0.29, 0.717) is 12.1 Å². The van der Waals surface area contributed by atoms with Gasteiger partial charge in [0.05, 0.1) is 13.1 Å². The van der Waals surface area contributed by atoms with Gasteiger partial charge in [-0.15, -0.1) is 11.3 Å². The van der Waals surface area contributed by atoms with E-state index >= 15 is 0 Å². The molecule has 3 rings (SSSR count). The molecule has 0 bridgehead atoms. The Bertz CT molecular complexity index is 977.